The topological polar surface area (TPSA) is 78.8 Å². The summed E-state index contributed by atoms with van der Waals surface area (Å²) >= 11 is 0. The number of ether oxygens (including phenoxy) is 1. The molecule has 0 aliphatic carbocycles. The standard InChI is InChI=1S/C12H16FNO4/c1-18-7-10(6-15)14-5-9-4-8(12(16)17)2-3-11(9)13/h2-4,10,14-15H,5-7H2,1H3,(H,16,17). The van der Waals surface area contributed by atoms with E-state index in [1.54, 1.807) is 0 Å². The number of hydrogen-bond acceptors (Lipinski definition) is 4. The molecule has 1 aromatic rings. The van der Waals surface area contributed by atoms with E-state index >= 15 is 0 Å². The lowest BCUT2D eigenvalue weighted by Gasteiger charge is -2.15. The Bertz CT molecular complexity index is 411. The van der Waals surface area contributed by atoms with Crippen LogP contribution in [0.5, 0.6) is 0 Å². The maximum absolute atomic E-state index is 13.4. The van der Waals surface area contributed by atoms with Gasteiger partial charge in [-0.15, -0.1) is 0 Å². The molecule has 0 spiro atoms. The second-order valence-electron chi connectivity index (χ2n) is 3.83. The number of halogens is 1. The summed E-state index contributed by atoms with van der Waals surface area (Å²) in [7, 11) is 1.50. The molecule has 3 N–H and O–H groups in total. The van der Waals surface area contributed by atoms with Crippen molar-refractivity contribution in [2.75, 3.05) is 20.3 Å². The van der Waals surface area contributed by atoms with E-state index in [0.29, 0.717) is 0 Å². The molecule has 0 aliphatic heterocycles. The quantitative estimate of drug-likeness (QED) is 0.667. The maximum atomic E-state index is 13.4. The average Bonchev–Trinajstić information content (AvgIpc) is 2.35. The summed E-state index contributed by atoms with van der Waals surface area (Å²) in [6.07, 6.45) is 0. The smallest absolute Gasteiger partial charge is 0.335 e. The van der Waals surface area contributed by atoms with Crippen molar-refractivity contribution in [3.8, 4) is 0 Å². The summed E-state index contributed by atoms with van der Waals surface area (Å²) in [6.45, 7) is 0.270. The molecule has 0 amide bonds. The first-order chi connectivity index (χ1) is 8.58. The van der Waals surface area contributed by atoms with Crippen molar-refractivity contribution >= 4 is 5.97 Å². The summed E-state index contributed by atoms with van der Waals surface area (Å²) in [6, 6.07) is 3.28. The first kappa shape index (κ1) is 14.6. The number of aliphatic hydroxyl groups is 1. The molecule has 18 heavy (non-hydrogen) atoms. The van der Waals surface area contributed by atoms with Crippen molar-refractivity contribution < 1.29 is 24.1 Å². The van der Waals surface area contributed by atoms with Crippen molar-refractivity contribution in [1.29, 1.82) is 0 Å². The van der Waals surface area contributed by atoms with Gasteiger partial charge in [0.25, 0.3) is 0 Å². The monoisotopic (exact) mass is 257 g/mol. The summed E-state index contributed by atoms with van der Waals surface area (Å²) in [5.41, 5.74) is 0.268. The Balaban J connectivity index is 2.71. The van der Waals surface area contributed by atoms with Crippen LogP contribution in [0.15, 0.2) is 18.2 Å². The van der Waals surface area contributed by atoms with E-state index in [-0.39, 0.29) is 36.9 Å². The number of aliphatic hydroxyl groups excluding tert-OH is 1. The zero-order valence-electron chi connectivity index (χ0n) is 10.0. The summed E-state index contributed by atoms with van der Waals surface area (Å²) in [5.74, 6) is -1.59. The van der Waals surface area contributed by atoms with E-state index in [2.05, 4.69) is 5.32 Å². The van der Waals surface area contributed by atoms with Crippen LogP contribution < -0.4 is 5.32 Å². The van der Waals surface area contributed by atoms with Gasteiger partial charge >= 0.3 is 5.97 Å². The molecule has 100 valence electrons. The number of methoxy groups -OCH3 is 1. The molecule has 1 rings (SSSR count). The number of carboxylic acid groups (broad SMARTS) is 1. The minimum Gasteiger partial charge on any atom is -0.478 e. The van der Waals surface area contributed by atoms with Gasteiger partial charge in [0.05, 0.1) is 24.8 Å². The lowest BCUT2D eigenvalue weighted by Crippen LogP contribution is -2.36. The zero-order chi connectivity index (χ0) is 13.5. The number of carboxylic acids is 1. The average molecular weight is 257 g/mol. The molecule has 0 fully saturated rings. The highest BCUT2D eigenvalue weighted by Crippen LogP contribution is 2.11. The molecule has 0 bridgehead atoms. The van der Waals surface area contributed by atoms with Crippen molar-refractivity contribution in [2.24, 2.45) is 0 Å². The molecule has 0 saturated heterocycles. The first-order valence-electron chi connectivity index (χ1n) is 5.43. The van der Waals surface area contributed by atoms with Gasteiger partial charge in [0.2, 0.25) is 0 Å². The van der Waals surface area contributed by atoms with E-state index in [0.717, 1.165) is 6.07 Å². The van der Waals surface area contributed by atoms with Crippen LogP contribution in [-0.4, -0.2) is 42.5 Å². The SMILES string of the molecule is COCC(CO)NCc1cc(C(=O)O)ccc1F. The third-order valence-electron chi connectivity index (χ3n) is 2.46. The lowest BCUT2D eigenvalue weighted by molar-refractivity contribution is 0.0696. The van der Waals surface area contributed by atoms with Crippen LogP contribution >= 0.6 is 0 Å². The number of aromatic carboxylic acids is 1. The molecule has 0 saturated carbocycles. The summed E-state index contributed by atoms with van der Waals surface area (Å²) in [4.78, 5) is 10.8. The van der Waals surface area contributed by atoms with Crippen molar-refractivity contribution in [3.05, 3.63) is 35.1 Å². The van der Waals surface area contributed by atoms with Crippen molar-refractivity contribution in [3.63, 3.8) is 0 Å². The van der Waals surface area contributed by atoms with Gasteiger partial charge in [-0.3, -0.25) is 0 Å². The van der Waals surface area contributed by atoms with Crippen LogP contribution in [0.2, 0.25) is 0 Å². The highest BCUT2D eigenvalue weighted by molar-refractivity contribution is 5.87. The van der Waals surface area contributed by atoms with Gasteiger partial charge in [-0.05, 0) is 18.2 Å². The van der Waals surface area contributed by atoms with Crippen LogP contribution in [0, 0.1) is 5.82 Å². The van der Waals surface area contributed by atoms with Gasteiger partial charge in [-0.2, -0.15) is 0 Å². The first-order valence-corrected chi connectivity index (χ1v) is 5.43. The molecule has 6 heteroatoms. The zero-order valence-corrected chi connectivity index (χ0v) is 10.0. The van der Waals surface area contributed by atoms with Gasteiger partial charge in [0.15, 0.2) is 0 Å². The van der Waals surface area contributed by atoms with Crippen LogP contribution in [0.3, 0.4) is 0 Å². The number of nitrogens with one attached hydrogen (secondary N) is 1. The number of rotatable bonds is 7. The number of benzene rings is 1. The minimum absolute atomic E-state index is 0.0282. The van der Waals surface area contributed by atoms with E-state index in [1.807, 2.05) is 0 Å². The Morgan fingerprint density at radius 3 is 2.83 bits per heavy atom. The highest BCUT2D eigenvalue weighted by Gasteiger charge is 2.11. The van der Waals surface area contributed by atoms with Gasteiger partial charge in [0, 0.05) is 19.2 Å². The molecule has 1 atom stereocenters. The van der Waals surface area contributed by atoms with Crippen LogP contribution in [0.4, 0.5) is 4.39 Å². The molecule has 1 aromatic carbocycles. The number of hydrogen-bond donors (Lipinski definition) is 3. The van der Waals surface area contributed by atoms with Gasteiger partial charge in [-0.1, -0.05) is 0 Å². The van der Waals surface area contributed by atoms with Gasteiger partial charge < -0.3 is 20.3 Å². The van der Waals surface area contributed by atoms with Crippen LogP contribution in [-0.2, 0) is 11.3 Å². The molecular weight excluding hydrogens is 241 g/mol. The Morgan fingerprint density at radius 1 is 1.56 bits per heavy atom. The van der Waals surface area contributed by atoms with Crippen molar-refractivity contribution in [2.45, 2.75) is 12.6 Å². The lowest BCUT2D eigenvalue weighted by atomic mass is 10.1. The van der Waals surface area contributed by atoms with E-state index in [4.69, 9.17) is 14.9 Å². The van der Waals surface area contributed by atoms with E-state index in [9.17, 15) is 9.18 Å². The molecule has 0 radical (unpaired) electrons. The Labute approximate surface area is 104 Å². The van der Waals surface area contributed by atoms with Crippen LogP contribution in [0.1, 0.15) is 15.9 Å². The predicted octanol–water partition coefficient (Wildman–Crippen LogP) is 0.621. The highest BCUT2D eigenvalue weighted by atomic mass is 19.1. The molecule has 0 aromatic heterocycles. The Morgan fingerprint density at radius 2 is 2.28 bits per heavy atom. The fraction of sp³-hybridized carbons (Fsp3) is 0.417. The normalized spacial score (nSPS) is 12.4. The minimum atomic E-state index is -1.10. The van der Waals surface area contributed by atoms with Crippen LogP contribution in [0.25, 0.3) is 0 Å². The second-order valence-corrected chi connectivity index (χ2v) is 3.83. The largest absolute Gasteiger partial charge is 0.478 e. The van der Waals surface area contributed by atoms with Gasteiger partial charge in [0.1, 0.15) is 5.82 Å². The summed E-state index contributed by atoms with van der Waals surface area (Å²) < 4.78 is 18.3. The third kappa shape index (κ3) is 4.06. The van der Waals surface area contributed by atoms with Crippen molar-refractivity contribution in [1.82, 2.24) is 5.32 Å². The molecule has 0 heterocycles. The Kier molecular flexibility index (Phi) is 5.70. The molecule has 5 nitrogen and oxygen atoms in total. The molecule has 1 unspecified atom stereocenters. The van der Waals surface area contributed by atoms with E-state index < -0.39 is 11.8 Å². The Hall–Kier alpha value is -1.50. The molecule has 0 aliphatic rings. The molecular formula is C12H16FNO4. The van der Waals surface area contributed by atoms with E-state index in [1.165, 1.54) is 19.2 Å². The fourth-order valence-corrected chi connectivity index (χ4v) is 1.47. The second kappa shape index (κ2) is 7.05. The van der Waals surface area contributed by atoms with Gasteiger partial charge in [-0.25, -0.2) is 9.18 Å². The fourth-order valence-electron chi connectivity index (χ4n) is 1.47. The maximum Gasteiger partial charge on any atom is 0.335 e. The predicted molar refractivity (Wildman–Crippen MR) is 62.9 cm³/mol. The number of carbonyl (C=O) groups is 1. The third-order valence-corrected chi connectivity index (χ3v) is 2.46. The summed E-state index contributed by atoms with van der Waals surface area (Å²) in [5, 5.41) is 20.7.